The lowest BCUT2D eigenvalue weighted by atomic mass is 10.0. The van der Waals surface area contributed by atoms with Crippen LogP contribution in [0.5, 0.6) is 0 Å². The summed E-state index contributed by atoms with van der Waals surface area (Å²) in [6.45, 7) is 5.04. The van der Waals surface area contributed by atoms with Crippen LogP contribution in [0.25, 0.3) is 0 Å². The van der Waals surface area contributed by atoms with Crippen molar-refractivity contribution in [3.63, 3.8) is 0 Å². The molecule has 0 amide bonds. The smallest absolute Gasteiger partial charge is 0.247 e. The third-order valence-electron chi connectivity index (χ3n) is 4.22. The molecule has 2 heterocycles. The number of hydrogen-bond donors (Lipinski definition) is 2. The minimum absolute atomic E-state index is 0.105. The zero-order valence-corrected chi connectivity index (χ0v) is 17.4. The van der Waals surface area contributed by atoms with E-state index in [4.69, 9.17) is 9.88 Å². The molecule has 2 rings (SSSR count). The molecule has 1 aliphatic rings. The van der Waals surface area contributed by atoms with Crippen LogP contribution in [-0.2, 0) is 24.6 Å². The molecule has 26 heavy (non-hydrogen) atoms. The van der Waals surface area contributed by atoms with Crippen molar-refractivity contribution in [2.45, 2.75) is 59.2 Å². The fraction of sp³-hybridized carbons (Fsp3) is 0.625. The second-order valence-corrected chi connectivity index (χ2v) is 11.5. The van der Waals surface area contributed by atoms with Gasteiger partial charge >= 0.3 is 0 Å². The Morgan fingerprint density at radius 1 is 1.46 bits per heavy atom. The minimum atomic E-state index is -3.94. The Morgan fingerprint density at radius 2 is 2.19 bits per heavy atom. The monoisotopic (exact) mass is 422 g/mol. The molecular weight excluding hydrogens is 396 g/mol. The molecule has 0 aliphatic carbocycles. The SMILES string of the molecule is CC=COCCCC1CC(NCCC)c2cc(S(N)(=O)=O)sc2S1(=O)=O. The summed E-state index contributed by atoms with van der Waals surface area (Å²) in [4.78, 5) is 0. The van der Waals surface area contributed by atoms with Crippen LogP contribution in [0.2, 0.25) is 0 Å². The number of fused-ring (bicyclic) bond motifs is 1. The van der Waals surface area contributed by atoms with Crippen molar-refractivity contribution in [1.29, 1.82) is 0 Å². The number of nitrogens with two attached hydrogens (primary N) is 1. The van der Waals surface area contributed by atoms with Crippen LogP contribution >= 0.6 is 11.3 Å². The summed E-state index contributed by atoms with van der Waals surface area (Å²) in [6, 6.07) is 1.22. The van der Waals surface area contributed by atoms with E-state index in [1.54, 1.807) is 12.3 Å². The quantitative estimate of drug-likeness (QED) is 0.466. The number of nitrogens with one attached hydrogen (secondary N) is 1. The van der Waals surface area contributed by atoms with Gasteiger partial charge in [-0.3, -0.25) is 0 Å². The summed E-state index contributed by atoms with van der Waals surface area (Å²) in [5, 5.41) is 7.98. The van der Waals surface area contributed by atoms with Crippen molar-refractivity contribution in [2.24, 2.45) is 5.14 Å². The fourth-order valence-electron chi connectivity index (χ4n) is 2.98. The summed E-state index contributed by atoms with van der Waals surface area (Å²) < 4.78 is 54.6. The molecule has 2 atom stereocenters. The molecule has 1 aromatic heterocycles. The third kappa shape index (κ3) is 4.86. The zero-order valence-electron chi connectivity index (χ0n) is 15.0. The van der Waals surface area contributed by atoms with Gasteiger partial charge in [-0.15, -0.1) is 11.3 Å². The van der Waals surface area contributed by atoms with E-state index < -0.39 is 25.1 Å². The van der Waals surface area contributed by atoms with Gasteiger partial charge in [-0.1, -0.05) is 13.0 Å². The van der Waals surface area contributed by atoms with Gasteiger partial charge in [0.15, 0.2) is 9.84 Å². The highest BCUT2D eigenvalue weighted by atomic mass is 32.3. The molecule has 0 saturated carbocycles. The van der Waals surface area contributed by atoms with E-state index in [2.05, 4.69) is 5.32 Å². The minimum Gasteiger partial charge on any atom is -0.502 e. The second-order valence-electron chi connectivity index (χ2n) is 6.25. The van der Waals surface area contributed by atoms with Gasteiger partial charge in [-0.2, -0.15) is 0 Å². The number of sulfone groups is 1. The molecule has 0 aromatic carbocycles. The maximum absolute atomic E-state index is 13.0. The lowest BCUT2D eigenvalue weighted by Gasteiger charge is -2.30. The average molecular weight is 423 g/mol. The molecular formula is C16H26N2O5S3. The Kier molecular flexibility index (Phi) is 7.26. The van der Waals surface area contributed by atoms with Crippen molar-refractivity contribution in [3.05, 3.63) is 24.0 Å². The number of hydrogen-bond acceptors (Lipinski definition) is 7. The molecule has 3 N–H and O–H groups in total. The second kappa shape index (κ2) is 8.83. The van der Waals surface area contributed by atoms with E-state index in [1.165, 1.54) is 6.07 Å². The molecule has 0 radical (unpaired) electrons. The number of thiophene rings is 1. The Hall–Kier alpha value is -0.940. The molecule has 0 bridgehead atoms. The normalized spacial score (nSPS) is 22.4. The molecule has 0 spiro atoms. The summed E-state index contributed by atoms with van der Waals surface area (Å²) in [5.74, 6) is 0. The van der Waals surface area contributed by atoms with Crippen LogP contribution in [0.3, 0.4) is 0 Å². The van der Waals surface area contributed by atoms with E-state index in [1.807, 2.05) is 13.8 Å². The van der Waals surface area contributed by atoms with Gasteiger partial charge in [0.05, 0.1) is 18.1 Å². The first kappa shape index (κ1) is 21.4. The topological polar surface area (TPSA) is 116 Å². The summed E-state index contributed by atoms with van der Waals surface area (Å²) >= 11 is 0.754. The van der Waals surface area contributed by atoms with Gasteiger partial charge in [0.25, 0.3) is 0 Å². The first-order chi connectivity index (χ1) is 12.2. The van der Waals surface area contributed by atoms with Gasteiger partial charge in [0.2, 0.25) is 10.0 Å². The third-order valence-corrected chi connectivity index (χ3v) is 9.59. The van der Waals surface area contributed by atoms with Crippen molar-refractivity contribution >= 4 is 31.2 Å². The van der Waals surface area contributed by atoms with E-state index in [0.29, 0.717) is 31.4 Å². The van der Waals surface area contributed by atoms with Gasteiger partial charge < -0.3 is 10.1 Å². The Labute approximate surface area is 159 Å². The summed E-state index contributed by atoms with van der Waals surface area (Å²) in [7, 11) is -7.53. The summed E-state index contributed by atoms with van der Waals surface area (Å²) in [5.41, 5.74) is 0.522. The van der Waals surface area contributed by atoms with Crippen LogP contribution in [0, 0.1) is 0 Å². The predicted octanol–water partition coefficient (Wildman–Crippen LogP) is 2.31. The van der Waals surface area contributed by atoms with Gasteiger partial charge in [0.1, 0.15) is 8.42 Å². The molecule has 148 valence electrons. The maximum Gasteiger partial charge on any atom is 0.247 e. The van der Waals surface area contributed by atoms with E-state index in [9.17, 15) is 16.8 Å². The average Bonchev–Trinajstić information content (AvgIpc) is 3.02. The number of primary sulfonamides is 1. The van der Waals surface area contributed by atoms with E-state index in [-0.39, 0.29) is 14.5 Å². The van der Waals surface area contributed by atoms with Gasteiger partial charge in [-0.05, 0) is 45.2 Å². The molecule has 7 nitrogen and oxygen atoms in total. The van der Waals surface area contributed by atoms with Crippen molar-refractivity contribution in [1.82, 2.24) is 5.32 Å². The van der Waals surface area contributed by atoms with Crippen LogP contribution in [0.4, 0.5) is 0 Å². The molecule has 2 unspecified atom stereocenters. The summed E-state index contributed by atoms with van der Waals surface area (Å²) in [6.07, 6.45) is 5.74. The van der Waals surface area contributed by atoms with E-state index in [0.717, 1.165) is 24.3 Å². The molecule has 10 heteroatoms. The van der Waals surface area contributed by atoms with E-state index >= 15 is 0 Å². The number of ether oxygens (including phenoxy) is 1. The zero-order chi connectivity index (χ0) is 19.4. The number of rotatable bonds is 9. The molecule has 0 saturated heterocycles. The standard InChI is InChI=1S/C16H26N2O5S3/c1-3-7-18-14-10-12(6-5-9-23-8-4-2)25(19,20)16-13(14)11-15(24-16)26(17,21)22/h4,8,11-12,14,18H,3,5-7,9-10H2,1-2H3,(H2,17,21,22). The highest BCUT2D eigenvalue weighted by molar-refractivity contribution is 7.95. The van der Waals surface area contributed by atoms with Crippen molar-refractivity contribution in [2.75, 3.05) is 13.2 Å². The maximum atomic E-state index is 13.0. The highest BCUT2D eigenvalue weighted by Gasteiger charge is 2.41. The van der Waals surface area contributed by atoms with Crippen molar-refractivity contribution in [3.8, 4) is 0 Å². The van der Waals surface area contributed by atoms with Crippen molar-refractivity contribution < 1.29 is 21.6 Å². The lowest BCUT2D eigenvalue weighted by molar-refractivity contribution is 0.239. The van der Waals surface area contributed by atoms with Gasteiger partial charge in [-0.25, -0.2) is 22.0 Å². The predicted molar refractivity (Wildman–Crippen MR) is 102 cm³/mol. The number of sulfonamides is 1. The largest absolute Gasteiger partial charge is 0.502 e. The first-order valence-corrected chi connectivity index (χ1v) is 12.5. The van der Waals surface area contributed by atoms with Crippen LogP contribution in [0.1, 0.15) is 51.1 Å². The Bertz CT molecular complexity index is 843. The lowest BCUT2D eigenvalue weighted by Crippen LogP contribution is -2.35. The van der Waals surface area contributed by atoms with Crippen LogP contribution in [0.15, 0.2) is 26.8 Å². The highest BCUT2D eigenvalue weighted by Crippen LogP contribution is 2.43. The Morgan fingerprint density at radius 3 is 2.81 bits per heavy atom. The van der Waals surface area contributed by atoms with Gasteiger partial charge in [0, 0.05) is 11.6 Å². The first-order valence-electron chi connectivity index (χ1n) is 8.58. The molecule has 0 fully saturated rings. The molecule has 1 aliphatic heterocycles. The number of allylic oxidation sites excluding steroid dienone is 1. The molecule has 1 aromatic rings. The Balaban J connectivity index is 2.30. The fourth-order valence-corrected chi connectivity index (χ4v) is 7.73. The van der Waals surface area contributed by atoms with Crippen LogP contribution in [-0.4, -0.2) is 35.2 Å². The van der Waals surface area contributed by atoms with Crippen LogP contribution < -0.4 is 10.5 Å².